The average molecular weight is 284 g/mol. The average Bonchev–Trinajstić information content (AvgIpc) is 2.19. The molecule has 0 spiro atoms. The standard InChI is InChI=1S/C11H10Cl2F3N/c12-7-2-8(13)9(14)1-6(7)10(5-17)3-11(15,16)4-10/h1-2H,3-5,17H2. The fourth-order valence-electron chi connectivity index (χ4n) is 2.31. The van der Waals surface area contributed by atoms with E-state index in [1.165, 1.54) is 6.07 Å². The molecule has 0 radical (unpaired) electrons. The second-order valence-corrected chi connectivity index (χ2v) is 5.25. The Kier molecular flexibility index (Phi) is 3.09. The van der Waals surface area contributed by atoms with Crippen LogP contribution in [0.15, 0.2) is 12.1 Å². The minimum atomic E-state index is -2.75. The summed E-state index contributed by atoms with van der Waals surface area (Å²) < 4.78 is 39.4. The number of nitrogens with two attached hydrogens (primary N) is 1. The number of halogens is 5. The van der Waals surface area contributed by atoms with Crippen molar-refractivity contribution in [2.75, 3.05) is 6.54 Å². The highest BCUT2D eigenvalue weighted by atomic mass is 35.5. The predicted octanol–water partition coefficient (Wildman–Crippen LogP) is 3.76. The zero-order chi connectivity index (χ0) is 12.8. The summed E-state index contributed by atoms with van der Waals surface area (Å²) in [5.74, 6) is -3.42. The minimum absolute atomic E-state index is 0.00336. The van der Waals surface area contributed by atoms with E-state index in [4.69, 9.17) is 28.9 Å². The van der Waals surface area contributed by atoms with E-state index in [1.807, 2.05) is 0 Å². The molecule has 0 bridgehead atoms. The number of hydrogen-bond donors (Lipinski definition) is 1. The van der Waals surface area contributed by atoms with E-state index < -0.39 is 30.0 Å². The van der Waals surface area contributed by atoms with Crippen LogP contribution in [0.3, 0.4) is 0 Å². The number of benzene rings is 1. The normalized spacial score (nSPS) is 21.1. The fourth-order valence-corrected chi connectivity index (χ4v) is 2.90. The molecule has 2 N–H and O–H groups in total. The minimum Gasteiger partial charge on any atom is -0.330 e. The molecule has 6 heteroatoms. The molecule has 0 aromatic heterocycles. The molecule has 1 nitrogen and oxygen atoms in total. The summed E-state index contributed by atoms with van der Waals surface area (Å²) in [5.41, 5.74) is 4.91. The van der Waals surface area contributed by atoms with Gasteiger partial charge in [-0.1, -0.05) is 23.2 Å². The molecule has 1 aliphatic carbocycles. The van der Waals surface area contributed by atoms with E-state index in [2.05, 4.69) is 0 Å². The summed E-state index contributed by atoms with van der Waals surface area (Å²) in [5, 5.41) is 0.0503. The second kappa shape index (κ2) is 4.04. The molecule has 0 amide bonds. The molecule has 1 aromatic carbocycles. The third-order valence-electron chi connectivity index (χ3n) is 3.17. The van der Waals surface area contributed by atoms with Crippen LogP contribution in [-0.4, -0.2) is 12.5 Å². The molecule has 2 rings (SSSR count). The third kappa shape index (κ3) is 2.14. The second-order valence-electron chi connectivity index (χ2n) is 4.44. The first kappa shape index (κ1) is 13.0. The van der Waals surface area contributed by atoms with Crippen LogP contribution in [0, 0.1) is 5.82 Å². The van der Waals surface area contributed by atoms with Crippen LogP contribution in [0.5, 0.6) is 0 Å². The summed E-state index contributed by atoms with van der Waals surface area (Å²) in [6.07, 6.45) is -0.811. The summed E-state index contributed by atoms with van der Waals surface area (Å²) in [6, 6.07) is 2.33. The van der Waals surface area contributed by atoms with Gasteiger partial charge in [-0.25, -0.2) is 13.2 Å². The zero-order valence-corrected chi connectivity index (χ0v) is 10.3. The van der Waals surface area contributed by atoms with E-state index in [0.717, 1.165) is 6.07 Å². The molecule has 0 aliphatic heterocycles. The molecule has 0 atom stereocenters. The van der Waals surface area contributed by atoms with Gasteiger partial charge in [0.1, 0.15) is 5.82 Å². The fraction of sp³-hybridized carbons (Fsp3) is 0.455. The molecule has 17 heavy (non-hydrogen) atoms. The summed E-state index contributed by atoms with van der Waals surface area (Å²) in [4.78, 5) is 0. The van der Waals surface area contributed by atoms with Crippen molar-refractivity contribution in [1.82, 2.24) is 0 Å². The Balaban J connectivity index is 2.43. The van der Waals surface area contributed by atoms with Crippen LogP contribution < -0.4 is 5.73 Å². The monoisotopic (exact) mass is 283 g/mol. The van der Waals surface area contributed by atoms with Gasteiger partial charge in [-0.05, 0) is 17.7 Å². The molecular formula is C11H10Cl2F3N. The summed E-state index contributed by atoms with van der Waals surface area (Å²) in [7, 11) is 0. The SMILES string of the molecule is NCC1(c2cc(F)c(Cl)cc2Cl)CC(F)(F)C1. The van der Waals surface area contributed by atoms with Crippen molar-refractivity contribution in [1.29, 1.82) is 0 Å². The Morgan fingerprint density at radius 2 is 1.76 bits per heavy atom. The predicted molar refractivity (Wildman–Crippen MR) is 61.3 cm³/mol. The van der Waals surface area contributed by atoms with Crippen molar-refractivity contribution in [2.45, 2.75) is 24.2 Å². The zero-order valence-electron chi connectivity index (χ0n) is 8.74. The Bertz CT molecular complexity index is 454. The topological polar surface area (TPSA) is 26.0 Å². The third-order valence-corrected chi connectivity index (χ3v) is 3.77. The largest absolute Gasteiger partial charge is 0.330 e. The highest BCUT2D eigenvalue weighted by molar-refractivity contribution is 6.35. The maximum Gasteiger partial charge on any atom is 0.250 e. The Morgan fingerprint density at radius 1 is 1.18 bits per heavy atom. The quantitative estimate of drug-likeness (QED) is 0.822. The van der Waals surface area contributed by atoms with E-state index in [0.29, 0.717) is 5.56 Å². The smallest absolute Gasteiger partial charge is 0.250 e. The van der Waals surface area contributed by atoms with Gasteiger partial charge in [-0.2, -0.15) is 0 Å². The van der Waals surface area contributed by atoms with Crippen LogP contribution in [-0.2, 0) is 5.41 Å². The lowest BCUT2D eigenvalue weighted by Crippen LogP contribution is -2.53. The molecule has 0 heterocycles. The lowest BCUT2D eigenvalue weighted by atomic mass is 9.62. The van der Waals surface area contributed by atoms with Gasteiger partial charge in [0.05, 0.1) is 5.02 Å². The van der Waals surface area contributed by atoms with Crippen molar-refractivity contribution < 1.29 is 13.2 Å². The highest BCUT2D eigenvalue weighted by Crippen LogP contribution is 2.54. The number of hydrogen-bond acceptors (Lipinski definition) is 1. The maximum atomic E-state index is 13.4. The van der Waals surface area contributed by atoms with Crippen molar-refractivity contribution in [3.63, 3.8) is 0 Å². The molecule has 94 valence electrons. The lowest BCUT2D eigenvalue weighted by Gasteiger charge is -2.47. The van der Waals surface area contributed by atoms with Crippen LogP contribution in [0.4, 0.5) is 13.2 Å². The Hall–Kier alpha value is -0.450. The van der Waals surface area contributed by atoms with Crippen molar-refractivity contribution in [3.8, 4) is 0 Å². The maximum absolute atomic E-state index is 13.4. The van der Waals surface area contributed by atoms with Crippen molar-refractivity contribution in [2.24, 2.45) is 5.73 Å². The van der Waals surface area contributed by atoms with Crippen LogP contribution in [0.2, 0.25) is 10.0 Å². The van der Waals surface area contributed by atoms with Gasteiger partial charge in [0, 0.05) is 29.8 Å². The number of alkyl halides is 2. The molecule has 1 aliphatic rings. The first-order chi connectivity index (χ1) is 7.80. The van der Waals surface area contributed by atoms with E-state index in [1.54, 1.807) is 0 Å². The van der Waals surface area contributed by atoms with E-state index in [9.17, 15) is 13.2 Å². The summed E-state index contributed by atoms with van der Waals surface area (Å²) in [6.45, 7) is 0.00336. The lowest BCUT2D eigenvalue weighted by molar-refractivity contribution is -0.123. The first-order valence-electron chi connectivity index (χ1n) is 5.03. The van der Waals surface area contributed by atoms with Crippen molar-refractivity contribution in [3.05, 3.63) is 33.6 Å². The molecule has 1 saturated carbocycles. The van der Waals surface area contributed by atoms with Crippen molar-refractivity contribution >= 4 is 23.2 Å². The Labute approximate surface area is 107 Å². The molecular weight excluding hydrogens is 274 g/mol. The first-order valence-corrected chi connectivity index (χ1v) is 5.78. The van der Waals surface area contributed by atoms with E-state index in [-0.39, 0.29) is 16.6 Å². The molecule has 0 unspecified atom stereocenters. The van der Waals surface area contributed by atoms with Crippen LogP contribution in [0.25, 0.3) is 0 Å². The highest BCUT2D eigenvalue weighted by Gasteiger charge is 2.57. The van der Waals surface area contributed by atoms with Gasteiger partial charge < -0.3 is 5.73 Å². The molecule has 1 fully saturated rings. The van der Waals surface area contributed by atoms with Gasteiger partial charge in [-0.3, -0.25) is 0 Å². The van der Waals surface area contributed by atoms with Crippen LogP contribution in [0.1, 0.15) is 18.4 Å². The van der Waals surface area contributed by atoms with Gasteiger partial charge in [0.25, 0.3) is 0 Å². The van der Waals surface area contributed by atoms with Crippen LogP contribution >= 0.6 is 23.2 Å². The Morgan fingerprint density at radius 3 is 2.24 bits per heavy atom. The number of rotatable bonds is 2. The summed E-state index contributed by atoms with van der Waals surface area (Å²) >= 11 is 11.5. The van der Waals surface area contributed by atoms with Gasteiger partial charge in [0.15, 0.2) is 0 Å². The molecule has 0 saturated heterocycles. The van der Waals surface area contributed by atoms with E-state index >= 15 is 0 Å². The van der Waals surface area contributed by atoms with Gasteiger partial charge >= 0.3 is 0 Å². The molecule has 1 aromatic rings. The van der Waals surface area contributed by atoms with Gasteiger partial charge in [-0.15, -0.1) is 0 Å². The van der Waals surface area contributed by atoms with Gasteiger partial charge in [0.2, 0.25) is 5.92 Å².